The SMILES string of the molecule is CC(C)c1ccc(CC(=O)c2cc(-c3cccc(O)c3)n[nH]2)cc1. The van der Waals surface area contributed by atoms with Gasteiger partial charge in [0.15, 0.2) is 5.78 Å². The first kappa shape index (κ1) is 16.0. The Labute approximate surface area is 141 Å². The Hall–Kier alpha value is -2.88. The molecule has 4 heteroatoms. The van der Waals surface area contributed by atoms with Crippen molar-refractivity contribution in [3.8, 4) is 17.0 Å². The first-order valence-electron chi connectivity index (χ1n) is 8.00. The lowest BCUT2D eigenvalue weighted by Gasteiger charge is -2.06. The van der Waals surface area contributed by atoms with Crippen LogP contribution in [0.5, 0.6) is 5.75 Å². The molecule has 0 aliphatic carbocycles. The predicted molar refractivity (Wildman–Crippen MR) is 94.3 cm³/mol. The Morgan fingerprint density at radius 1 is 1.12 bits per heavy atom. The molecule has 0 aliphatic heterocycles. The van der Waals surface area contributed by atoms with E-state index in [1.165, 1.54) is 5.56 Å². The summed E-state index contributed by atoms with van der Waals surface area (Å²) in [6.45, 7) is 4.29. The maximum atomic E-state index is 12.4. The van der Waals surface area contributed by atoms with Gasteiger partial charge in [-0.1, -0.05) is 50.2 Å². The number of phenolic OH excluding ortho intramolecular Hbond substituents is 1. The van der Waals surface area contributed by atoms with Gasteiger partial charge < -0.3 is 5.11 Å². The van der Waals surface area contributed by atoms with Crippen LogP contribution in [0.2, 0.25) is 0 Å². The van der Waals surface area contributed by atoms with Gasteiger partial charge in [0.05, 0.1) is 5.69 Å². The number of phenols is 1. The molecule has 0 radical (unpaired) electrons. The number of hydrogen-bond donors (Lipinski definition) is 2. The van der Waals surface area contributed by atoms with E-state index >= 15 is 0 Å². The number of rotatable bonds is 5. The lowest BCUT2D eigenvalue weighted by molar-refractivity contribution is 0.0988. The molecule has 4 nitrogen and oxygen atoms in total. The van der Waals surface area contributed by atoms with Gasteiger partial charge in [-0.2, -0.15) is 5.10 Å². The minimum absolute atomic E-state index is 0.00815. The van der Waals surface area contributed by atoms with Crippen LogP contribution in [0.25, 0.3) is 11.3 Å². The molecule has 1 aromatic heterocycles. The normalized spacial score (nSPS) is 11.0. The summed E-state index contributed by atoms with van der Waals surface area (Å²) < 4.78 is 0. The van der Waals surface area contributed by atoms with Crippen LogP contribution < -0.4 is 0 Å². The fourth-order valence-electron chi connectivity index (χ4n) is 2.58. The Kier molecular flexibility index (Phi) is 4.47. The minimum atomic E-state index is -0.00815. The number of nitrogens with zero attached hydrogens (tertiary/aromatic N) is 1. The summed E-state index contributed by atoms with van der Waals surface area (Å²) in [7, 11) is 0. The van der Waals surface area contributed by atoms with Gasteiger partial charge in [0.25, 0.3) is 0 Å². The van der Waals surface area contributed by atoms with Crippen LogP contribution in [0.15, 0.2) is 54.6 Å². The molecule has 0 unspecified atom stereocenters. The lowest BCUT2D eigenvalue weighted by atomic mass is 9.99. The molecular weight excluding hydrogens is 300 g/mol. The molecule has 2 N–H and O–H groups in total. The van der Waals surface area contributed by atoms with Crippen LogP contribution in [0.4, 0.5) is 0 Å². The second-order valence-corrected chi connectivity index (χ2v) is 6.21. The standard InChI is InChI=1S/C20H20N2O2/c1-13(2)15-8-6-14(7-9-15)10-20(24)19-12-18(21-22-19)16-4-3-5-17(23)11-16/h3-9,11-13,23H,10H2,1-2H3,(H,21,22). The summed E-state index contributed by atoms with van der Waals surface area (Å²) in [5, 5.41) is 16.5. The van der Waals surface area contributed by atoms with E-state index in [2.05, 4.69) is 36.2 Å². The number of aromatic nitrogens is 2. The van der Waals surface area contributed by atoms with Gasteiger partial charge in [0, 0.05) is 12.0 Å². The van der Waals surface area contributed by atoms with Crippen LogP contribution in [-0.4, -0.2) is 21.1 Å². The smallest absolute Gasteiger partial charge is 0.184 e. The number of H-pyrrole nitrogens is 1. The first-order valence-corrected chi connectivity index (χ1v) is 8.00. The highest BCUT2D eigenvalue weighted by molar-refractivity contribution is 5.96. The number of ketones is 1. The molecule has 24 heavy (non-hydrogen) atoms. The zero-order valence-electron chi connectivity index (χ0n) is 13.8. The Bertz CT molecular complexity index is 848. The largest absolute Gasteiger partial charge is 0.508 e. The van der Waals surface area contributed by atoms with Crippen molar-refractivity contribution in [2.45, 2.75) is 26.2 Å². The van der Waals surface area contributed by atoms with Gasteiger partial charge in [-0.25, -0.2) is 0 Å². The predicted octanol–water partition coefficient (Wildman–Crippen LogP) is 4.33. The number of carbonyl (C=O) groups excluding carboxylic acids is 1. The molecule has 0 bridgehead atoms. The number of carbonyl (C=O) groups is 1. The fourth-order valence-corrected chi connectivity index (χ4v) is 2.58. The van der Waals surface area contributed by atoms with E-state index < -0.39 is 0 Å². The Morgan fingerprint density at radius 3 is 2.54 bits per heavy atom. The second-order valence-electron chi connectivity index (χ2n) is 6.21. The van der Waals surface area contributed by atoms with E-state index in [1.807, 2.05) is 18.2 Å². The van der Waals surface area contributed by atoms with Gasteiger partial charge in [-0.15, -0.1) is 0 Å². The van der Waals surface area contributed by atoms with Crippen molar-refractivity contribution in [1.29, 1.82) is 0 Å². The van der Waals surface area contributed by atoms with E-state index in [0.717, 1.165) is 11.1 Å². The molecule has 0 saturated carbocycles. The van der Waals surface area contributed by atoms with Gasteiger partial charge in [0.1, 0.15) is 11.4 Å². The van der Waals surface area contributed by atoms with Crippen molar-refractivity contribution in [2.75, 3.05) is 0 Å². The summed E-state index contributed by atoms with van der Waals surface area (Å²) in [6.07, 6.45) is 0.333. The van der Waals surface area contributed by atoms with Crippen LogP contribution in [0.1, 0.15) is 41.4 Å². The van der Waals surface area contributed by atoms with Crippen molar-refractivity contribution in [3.05, 3.63) is 71.4 Å². The van der Waals surface area contributed by atoms with Crippen molar-refractivity contribution < 1.29 is 9.90 Å². The summed E-state index contributed by atoms with van der Waals surface area (Å²) in [5.41, 5.74) is 4.13. The van der Waals surface area contributed by atoms with E-state index in [1.54, 1.807) is 24.3 Å². The van der Waals surface area contributed by atoms with Crippen LogP contribution in [-0.2, 0) is 6.42 Å². The summed E-state index contributed by atoms with van der Waals surface area (Å²) in [6, 6.07) is 16.7. The molecular formula is C20H20N2O2. The third-order valence-electron chi connectivity index (χ3n) is 4.03. The molecule has 0 fully saturated rings. The van der Waals surface area contributed by atoms with E-state index in [-0.39, 0.29) is 11.5 Å². The highest BCUT2D eigenvalue weighted by Gasteiger charge is 2.12. The summed E-state index contributed by atoms with van der Waals surface area (Å²) in [4.78, 5) is 12.4. The van der Waals surface area contributed by atoms with Crippen molar-refractivity contribution in [2.24, 2.45) is 0 Å². The summed E-state index contributed by atoms with van der Waals surface area (Å²) in [5.74, 6) is 0.645. The van der Waals surface area contributed by atoms with Gasteiger partial charge in [-0.05, 0) is 35.2 Å². The average Bonchev–Trinajstić information content (AvgIpc) is 3.05. The van der Waals surface area contributed by atoms with Crippen LogP contribution in [0.3, 0.4) is 0 Å². The van der Waals surface area contributed by atoms with Gasteiger partial charge in [-0.3, -0.25) is 9.89 Å². The molecule has 2 aromatic carbocycles. The van der Waals surface area contributed by atoms with Gasteiger partial charge >= 0.3 is 0 Å². The number of Topliss-reactive ketones (excluding diaryl/α,β-unsaturated/α-hetero) is 1. The Balaban J connectivity index is 1.74. The maximum absolute atomic E-state index is 12.4. The Morgan fingerprint density at radius 2 is 1.88 bits per heavy atom. The highest BCUT2D eigenvalue weighted by atomic mass is 16.3. The lowest BCUT2D eigenvalue weighted by Crippen LogP contribution is -2.04. The molecule has 122 valence electrons. The number of hydrogen-bond acceptors (Lipinski definition) is 3. The number of nitrogens with one attached hydrogen (secondary N) is 1. The van der Waals surface area contributed by atoms with Crippen LogP contribution >= 0.6 is 0 Å². The molecule has 0 amide bonds. The minimum Gasteiger partial charge on any atom is -0.508 e. The maximum Gasteiger partial charge on any atom is 0.184 e. The van der Waals surface area contributed by atoms with Crippen LogP contribution in [0, 0.1) is 0 Å². The molecule has 3 rings (SSSR count). The quantitative estimate of drug-likeness (QED) is 0.688. The third-order valence-corrected chi connectivity index (χ3v) is 4.03. The topological polar surface area (TPSA) is 66.0 Å². The molecule has 0 atom stereocenters. The van der Waals surface area contributed by atoms with E-state index in [4.69, 9.17) is 0 Å². The van der Waals surface area contributed by atoms with Crippen molar-refractivity contribution in [1.82, 2.24) is 10.2 Å². The van der Waals surface area contributed by atoms with Crippen molar-refractivity contribution >= 4 is 5.78 Å². The molecule has 0 aliphatic rings. The second kappa shape index (κ2) is 6.71. The van der Waals surface area contributed by atoms with Gasteiger partial charge in [0.2, 0.25) is 0 Å². The molecule has 3 aromatic rings. The van der Waals surface area contributed by atoms with E-state index in [0.29, 0.717) is 23.7 Å². The fraction of sp³-hybridized carbons (Fsp3) is 0.200. The average molecular weight is 320 g/mol. The molecule has 1 heterocycles. The van der Waals surface area contributed by atoms with Crippen molar-refractivity contribution in [3.63, 3.8) is 0 Å². The highest BCUT2D eigenvalue weighted by Crippen LogP contribution is 2.22. The zero-order valence-corrected chi connectivity index (χ0v) is 13.8. The monoisotopic (exact) mass is 320 g/mol. The number of aromatic amines is 1. The molecule has 0 saturated heterocycles. The first-order chi connectivity index (χ1) is 11.5. The number of aromatic hydroxyl groups is 1. The molecule has 0 spiro atoms. The third kappa shape index (κ3) is 3.54. The van der Waals surface area contributed by atoms with E-state index in [9.17, 15) is 9.90 Å². The summed E-state index contributed by atoms with van der Waals surface area (Å²) >= 11 is 0. The zero-order chi connectivity index (χ0) is 17.1. The number of benzene rings is 2.